The normalized spacial score (nSPS) is 22.8. The molecule has 1 aliphatic rings. The van der Waals surface area contributed by atoms with E-state index in [1.165, 1.54) is 19.3 Å². The topological polar surface area (TPSA) is 50.9 Å². The molecule has 1 saturated carbocycles. The molecule has 1 fully saturated rings. The highest BCUT2D eigenvalue weighted by atomic mass is 14.9. The van der Waals surface area contributed by atoms with Crippen LogP contribution in [0, 0.1) is 11.8 Å². The zero-order chi connectivity index (χ0) is 13.2. The summed E-state index contributed by atoms with van der Waals surface area (Å²) in [7, 11) is 0. The first-order valence-electron chi connectivity index (χ1n) is 7.12. The van der Waals surface area contributed by atoms with E-state index in [-0.39, 0.29) is 0 Å². The summed E-state index contributed by atoms with van der Waals surface area (Å²) in [5.74, 6) is 1.62. The van der Waals surface area contributed by atoms with E-state index in [1.54, 1.807) is 6.20 Å². The van der Waals surface area contributed by atoms with Crippen molar-refractivity contribution >= 4 is 22.1 Å². The van der Waals surface area contributed by atoms with Crippen molar-refractivity contribution in [2.24, 2.45) is 11.8 Å². The molecule has 100 valence electrons. The number of hydrogen-bond acceptors (Lipinski definition) is 3. The first-order chi connectivity index (χ1) is 9.25. The molecule has 2 atom stereocenters. The molecule has 3 nitrogen and oxygen atoms in total. The van der Waals surface area contributed by atoms with Crippen molar-refractivity contribution in [3.8, 4) is 0 Å². The number of nitrogens with zero attached hydrogens (tertiary/aromatic N) is 1. The van der Waals surface area contributed by atoms with E-state index in [0.717, 1.165) is 40.5 Å². The molecule has 0 amide bonds. The van der Waals surface area contributed by atoms with Gasteiger partial charge in [0.05, 0.1) is 11.4 Å². The lowest BCUT2D eigenvalue weighted by atomic mass is 9.98. The molecule has 19 heavy (non-hydrogen) atoms. The first kappa shape index (κ1) is 12.3. The Bertz CT molecular complexity index is 579. The first-order valence-corrected chi connectivity index (χ1v) is 7.12. The SMILES string of the molecule is CC1CCCC1CNc1ccc2cnccc2c1N. The molecule has 0 radical (unpaired) electrons. The summed E-state index contributed by atoms with van der Waals surface area (Å²) in [6, 6.07) is 6.13. The summed E-state index contributed by atoms with van der Waals surface area (Å²) in [6.07, 6.45) is 7.72. The average Bonchev–Trinajstić information content (AvgIpc) is 2.84. The van der Waals surface area contributed by atoms with E-state index >= 15 is 0 Å². The van der Waals surface area contributed by atoms with Gasteiger partial charge in [-0.25, -0.2) is 0 Å². The van der Waals surface area contributed by atoms with Gasteiger partial charge in [-0.2, -0.15) is 0 Å². The van der Waals surface area contributed by atoms with E-state index in [0.29, 0.717) is 0 Å². The van der Waals surface area contributed by atoms with Gasteiger partial charge in [0.15, 0.2) is 0 Å². The molecule has 1 heterocycles. The summed E-state index contributed by atoms with van der Waals surface area (Å²) in [6.45, 7) is 3.39. The maximum atomic E-state index is 6.25. The predicted octanol–water partition coefficient (Wildman–Crippen LogP) is 3.67. The molecule has 3 N–H and O–H groups in total. The highest BCUT2D eigenvalue weighted by Gasteiger charge is 2.23. The number of benzene rings is 1. The molecule has 0 bridgehead atoms. The fraction of sp³-hybridized carbons (Fsp3) is 0.438. The Morgan fingerprint density at radius 3 is 3.00 bits per heavy atom. The summed E-state index contributed by atoms with van der Waals surface area (Å²) >= 11 is 0. The fourth-order valence-electron chi connectivity index (χ4n) is 3.11. The lowest BCUT2D eigenvalue weighted by Crippen LogP contribution is -2.17. The third-order valence-electron chi connectivity index (χ3n) is 4.46. The summed E-state index contributed by atoms with van der Waals surface area (Å²) in [5, 5.41) is 5.71. The molecule has 2 unspecified atom stereocenters. The highest BCUT2D eigenvalue weighted by molar-refractivity contribution is 5.98. The predicted molar refractivity (Wildman–Crippen MR) is 81.2 cm³/mol. The second-order valence-corrected chi connectivity index (χ2v) is 5.67. The van der Waals surface area contributed by atoms with Crippen molar-refractivity contribution in [1.29, 1.82) is 0 Å². The van der Waals surface area contributed by atoms with Crippen LogP contribution in [0.4, 0.5) is 11.4 Å². The Morgan fingerprint density at radius 1 is 1.32 bits per heavy atom. The van der Waals surface area contributed by atoms with E-state index in [2.05, 4.69) is 29.4 Å². The van der Waals surface area contributed by atoms with Crippen molar-refractivity contribution in [3.05, 3.63) is 30.6 Å². The van der Waals surface area contributed by atoms with Gasteiger partial charge in [-0.05, 0) is 30.4 Å². The van der Waals surface area contributed by atoms with E-state index in [4.69, 9.17) is 5.73 Å². The van der Waals surface area contributed by atoms with Crippen LogP contribution in [0.5, 0.6) is 0 Å². The summed E-state index contributed by atoms with van der Waals surface area (Å²) < 4.78 is 0. The standard InChI is InChI=1S/C16H21N3/c1-11-3-2-4-12(11)10-19-15-6-5-13-9-18-8-7-14(13)16(15)17/h5-9,11-12,19H,2-4,10,17H2,1H3. The number of aromatic nitrogens is 1. The number of nitrogens with two attached hydrogens (primary N) is 1. The van der Waals surface area contributed by atoms with Crippen LogP contribution >= 0.6 is 0 Å². The van der Waals surface area contributed by atoms with E-state index in [9.17, 15) is 0 Å². The molecule has 0 aliphatic heterocycles. The van der Waals surface area contributed by atoms with Gasteiger partial charge in [-0.3, -0.25) is 4.98 Å². The van der Waals surface area contributed by atoms with Gasteiger partial charge in [0, 0.05) is 29.7 Å². The monoisotopic (exact) mass is 255 g/mol. The Labute approximate surface area is 114 Å². The maximum absolute atomic E-state index is 6.25. The Kier molecular flexibility index (Phi) is 3.28. The molecule has 0 spiro atoms. The number of hydrogen-bond donors (Lipinski definition) is 2. The average molecular weight is 255 g/mol. The van der Waals surface area contributed by atoms with Gasteiger partial charge in [0.25, 0.3) is 0 Å². The van der Waals surface area contributed by atoms with Crippen LogP contribution in [0.1, 0.15) is 26.2 Å². The van der Waals surface area contributed by atoms with Gasteiger partial charge < -0.3 is 11.1 Å². The minimum atomic E-state index is 0.785. The smallest absolute Gasteiger partial charge is 0.0630 e. The van der Waals surface area contributed by atoms with Gasteiger partial charge in [-0.15, -0.1) is 0 Å². The van der Waals surface area contributed by atoms with Crippen LogP contribution < -0.4 is 11.1 Å². The Hall–Kier alpha value is -1.77. The fourth-order valence-corrected chi connectivity index (χ4v) is 3.11. The zero-order valence-electron chi connectivity index (χ0n) is 11.4. The third kappa shape index (κ3) is 2.37. The number of nitrogen functional groups attached to an aromatic ring is 1. The molecule has 0 saturated heterocycles. The second-order valence-electron chi connectivity index (χ2n) is 5.67. The van der Waals surface area contributed by atoms with Crippen LogP contribution in [-0.4, -0.2) is 11.5 Å². The van der Waals surface area contributed by atoms with Crippen molar-refractivity contribution in [1.82, 2.24) is 4.98 Å². The quantitative estimate of drug-likeness (QED) is 0.823. The molecule has 2 aromatic rings. The molecule has 3 rings (SSSR count). The number of rotatable bonds is 3. The van der Waals surface area contributed by atoms with Gasteiger partial charge in [0.2, 0.25) is 0 Å². The molecule has 3 heteroatoms. The van der Waals surface area contributed by atoms with Crippen LogP contribution in [0.25, 0.3) is 10.8 Å². The van der Waals surface area contributed by atoms with Crippen molar-refractivity contribution in [2.45, 2.75) is 26.2 Å². The second kappa shape index (κ2) is 5.08. The zero-order valence-corrected chi connectivity index (χ0v) is 11.4. The lowest BCUT2D eigenvalue weighted by Gasteiger charge is -2.18. The van der Waals surface area contributed by atoms with E-state index < -0.39 is 0 Å². The molecular formula is C16H21N3. The largest absolute Gasteiger partial charge is 0.397 e. The van der Waals surface area contributed by atoms with Gasteiger partial charge >= 0.3 is 0 Å². The number of pyridine rings is 1. The molecule has 1 aliphatic carbocycles. The van der Waals surface area contributed by atoms with Gasteiger partial charge in [0.1, 0.15) is 0 Å². The molecule has 1 aromatic heterocycles. The lowest BCUT2D eigenvalue weighted by molar-refractivity contribution is 0.440. The van der Waals surface area contributed by atoms with Crippen molar-refractivity contribution in [2.75, 3.05) is 17.6 Å². The van der Waals surface area contributed by atoms with Crippen molar-refractivity contribution < 1.29 is 0 Å². The van der Waals surface area contributed by atoms with Crippen LogP contribution in [0.15, 0.2) is 30.6 Å². The number of anilines is 2. The number of nitrogens with one attached hydrogen (secondary N) is 1. The molecular weight excluding hydrogens is 234 g/mol. The third-order valence-corrected chi connectivity index (χ3v) is 4.46. The van der Waals surface area contributed by atoms with Crippen LogP contribution in [-0.2, 0) is 0 Å². The minimum absolute atomic E-state index is 0.785. The minimum Gasteiger partial charge on any atom is -0.397 e. The Balaban J connectivity index is 1.79. The summed E-state index contributed by atoms with van der Waals surface area (Å²) in [4.78, 5) is 4.13. The van der Waals surface area contributed by atoms with E-state index in [1.807, 2.05) is 12.3 Å². The molecule has 1 aromatic carbocycles. The van der Waals surface area contributed by atoms with Crippen molar-refractivity contribution in [3.63, 3.8) is 0 Å². The number of fused-ring (bicyclic) bond motifs is 1. The van der Waals surface area contributed by atoms with Crippen LogP contribution in [0.3, 0.4) is 0 Å². The Morgan fingerprint density at radius 2 is 2.21 bits per heavy atom. The van der Waals surface area contributed by atoms with Crippen LogP contribution in [0.2, 0.25) is 0 Å². The maximum Gasteiger partial charge on any atom is 0.0630 e. The summed E-state index contributed by atoms with van der Waals surface area (Å²) in [5.41, 5.74) is 8.14. The highest BCUT2D eigenvalue weighted by Crippen LogP contribution is 2.33. The van der Waals surface area contributed by atoms with Gasteiger partial charge in [-0.1, -0.05) is 25.8 Å².